The molecule has 1 aromatic rings. The molecule has 3 heteroatoms. The van der Waals surface area contributed by atoms with Crippen LogP contribution in [-0.2, 0) is 0 Å². The summed E-state index contributed by atoms with van der Waals surface area (Å²) >= 11 is 5.58. The number of piperidine rings is 1. The van der Waals surface area contributed by atoms with Crippen molar-refractivity contribution in [3.05, 3.63) is 28.8 Å². The third kappa shape index (κ3) is 3.27. The second-order valence-electron chi connectivity index (χ2n) is 5.72. The van der Waals surface area contributed by atoms with Gasteiger partial charge in [0.25, 0.3) is 0 Å². The number of anilines is 1. The van der Waals surface area contributed by atoms with Crippen LogP contribution in [-0.4, -0.2) is 22.6 Å². The molecule has 1 unspecified atom stereocenters. The molecule has 0 saturated carbocycles. The lowest BCUT2D eigenvalue weighted by atomic mass is 10.0. The van der Waals surface area contributed by atoms with Crippen LogP contribution < -0.4 is 5.32 Å². The normalized spacial score (nSPS) is 19.4. The molecule has 2 rings (SSSR count). The first-order chi connectivity index (χ1) is 8.99. The van der Waals surface area contributed by atoms with Gasteiger partial charge in [0, 0.05) is 18.3 Å². The summed E-state index contributed by atoms with van der Waals surface area (Å²) in [6, 6.07) is 4.98. The Hall–Kier alpha value is -1.09. The summed E-state index contributed by atoms with van der Waals surface area (Å²) in [5, 5.41) is 4.31. The smallest absolute Gasteiger partial charge is 0.173 e. The number of nitrogens with one attached hydrogen (secondary N) is 1. The molecule has 0 radical (unpaired) electrons. The molecule has 0 aromatic heterocycles. The lowest BCUT2D eigenvalue weighted by Gasteiger charge is -2.35. The first kappa shape index (κ1) is 14.3. The van der Waals surface area contributed by atoms with Gasteiger partial charge < -0.3 is 10.2 Å². The van der Waals surface area contributed by atoms with E-state index in [2.05, 4.69) is 50.0 Å². The summed E-state index contributed by atoms with van der Waals surface area (Å²) < 4.78 is 0. The molecule has 1 aromatic carbocycles. The second-order valence-corrected chi connectivity index (χ2v) is 6.11. The highest BCUT2D eigenvalue weighted by molar-refractivity contribution is 7.80. The molecule has 1 aliphatic heterocycles. The molecule has 1 heterocycles. The Kier molecular flexibility index (Phi) is 4.46. The van der Waals surface area contributed by atoms with E-state index < -0.39 is 0 Å². The fourth-order valence-corrected chi connectivity index (χ4v) is 3.06. The van der Waals surface area contributed by atoms with E-state index in [-0.39, 0.29) is 0 Å². The third-order valence-electron chi connectivity index (χ3n) is 4.15. The molecule has 1 aliphatic rings. The molecule has 1 fully saturated rings. The first-order valence-electron chi connectivity index (χ1n) is 7.14. The Morgan fingerprint density at radius 1 is 1.16 bits per heavy atom. The van der Waals surface area contributed by atoms with Crippen molar-refractivity contribution in [3.8, 4) is 0 Å². The van der Waals surface area contributed by atoms with Crippen molar-refractivity contribution in [2.75, 3.05) is 11.9 Å². The van der Waals surface area contributed by atoms with E-state index in [0.717, 1.165) is 17.3 Å². The van der Waals surface area contributed by atoms with Gasteiger partial charge in [-0.25, -0.2) is 0 Å². The number of hydrogen-bond acceptors (Lipinski definition) is 1. The summed E-state index contributed by atoms with van der Waals surface area (Å²) in [5.41, 5.74) is 5.05. The number of likely N-dealkylation sites (tertiary alicyclic amines) is 1. The SMILES string of the molecule is Cc1cc(C)c(NC(=S)N2CCCCC2C)cc1C. The third-order valence-corrected chi connectivity index (χ3v) is 4.48. The summed E-state index contributed by atoms with van der Waals surface area (Å²) in [6.45, 7) is 9.78. The summed E-state index contributed by atoms with van der Waals surface area (Å²) in [5.74, 6) is 0. The molecule has 0 aliphatic carbocycles. The van der Waals surface area contributed by atoms with Gasteiger partial charge in [0.15, 0.2) is 5.11 Å². The number of nitrogens with zero attached hydrogens (tertiary/aromatic N) is 1. The Morgan fingerprint density at radius 2 is 1.84 bits per heavy atom. The van der Waals surface area contributed by atoms with E-state index in [1.807, 2.05) is 0 Å². The molecular weight excluding hydrogens is 252 g/mol. The fraction of sp³-hybridized carbons (Fsp3) is 0.562. The van der Waals surface area contributed by atoms with E-state index in [0.29, 0.717) is 6.04 Å². The lowest BCUT2D eigenvalue weighted by molar-refractivity contribution is 0.262. The van der Waals surface area contributed by atoms with Crippen LogP contribution in [0.4, 0.5) is 5.69 Å². The highest BCUT2D eigenvalue weighted by atomic mass is 32.1. The number of thiocarbonyl (C=S) groups is 1. The summed E-state index contributed by atoms with van der Waals surface area (Å²) in [6.07, 6.45) is 3.81. The molecule has 2 nitrogen and oxygen atoms in total. The van der Waals surface area contributed by atoms with Crippen molar-refractivity contribution in [2.45, 2.75) is 53.0 Å². The van der Waals surface area contributed by atoms with Crippen LogP contribution in [0.15, 0.2) is 12.1 Å². The van der Waals surface area contributed by atoms with Crippen molar-refractivity contribution >= 4 is 23.0 Å². The van der Waals surface area contributed by atoms with Gasteiger partial charge in [-0.15, -0.1) is 0 Å². The first-order valence-corrected chi connectivity index (χ1v) is 7.55. The molecule has 104 valence electrons. The summed E-state index contributed by atoms with van der Waals surface area (Å²) in [7, 11) is 0. The molecule has 0 amide bonds. The number of hydrogen-bond donors (Lipinski definition) is 1. The zero-order valence-electron chi connectivity index (χ0n) is 12.4. The Balaban J connectivity index is 2.12. The minimum Gasteiger partial charge on any atom is -0.346 e. The van der Waals surface area contributed by atoms with E-state index in [4.69, 9.17) is 12.2 Å². The molecule has 1 atom stereocenters. The minimum absolute atomic E-state index is 0.556. The van der Waals surface area contributed by atoms with Gasteiger partial charge in [-0.1, -0.05) is 6.07 Å². The van der Waals surface area contributed by atoms with Gasteiger partial charge in [-0.05, 0) is 81.9 Å². The number of benzene rings is 1. The van der Waals surface area contributed by atoms with Crippen LogP contribution >= 0.6 is 12.2 Å². The van der Waals surface area contributed by atoms with Gasteiger partial charge in [-0.3, -0.25) is 0 Å². The van der Waals surface area contributed by atoms with Gasteiger partial charge in [0.2, 0.25) is 0 Å². The number of rotatable bonds is 1. The monoisotopic (exact) mass is 276 g/mol. The quantitative estimate of drug-likeness (QED) is 0.775. The minimum atomic E-state index is 0.556. The predicted molar refractivity (Wildman–Crippen MR) is 86.9 cm³/mol. The number of aryl methyl sites for hydroxylation is 3. The van der Waals surface area contributed by atoms with Crippen LogP contribution in [0.25, 0.3) is 0 Å². The molecule has 1 saturated heterocycles. The highest BCUT2D eigenvalue weighted by Crippen LogP contribution is 2.22. The van der Waals surface area contributed by atoms with Crippen LogP contribution in [0, 0.1) is 20.8 Å². The molecule has 0 spiro atoms. The van der Waals surface area contributed by atoms with E-state index in [9.17, 15) is 0 Å². The van der Waals surface area contributed by atoms with E-state index in [1.165, 1.54) is 36.0 Å². The zero-order valence-corrected chi connectivity index (χ0v) is 13.2. The van der Waals surface area contributed by atoms with Crippen LogP contribution in [0.1, 0.15) is 42.9 Å². The van der Waals surface area contributed by atoms with Crippen molar-refractivity contribution in [1.82, 2.24) is 4.90 Å². The lowest BCUT2D eigenvalue weighted by Crippen LogP contribution is -2.44. The highest BCUT2D eigenvalue weighted by Gasteiger charge is 2.20. The topological polar surface area (TPSA) is 15.3 Å². The second kappa shape index (κ2) is 5.91. The van der Waals surface area contributed by atoms with Gasteiger partial charge in [0.05, 0.1) is 0 Å². The maximum Gasteiger partial charge on any atom is 0.173 e. The maximum atomic E-state index is 5.58. The maximum absolute atomic E-state index is 5.58. The van der Waals surface area contributed by atoms with Crippen LogP contribution in [0.5, 0.6) is 0 Å². The molecule has 1 N–H and O–H groups in total. The standard InChI is InChI=1S/C16H24N2S/c1-11-9-13(3)15(10-12(11)2)17-16(19)18-8-6-5-7-14(18)4/h9-10,14H,5-8H2,1-4H3,(H,17,19). The molecular formula is C16H24N2S. The zero-order chi connectivity index (χ0) is 14.0. The van der Waals surface area contributed by atoms with Crippen molar-refractivity contribution in [2.24, 2.45) is 0 Å². The Bertz CT molecular complexity index is 482. The predicted octanol–water partition coefficient (Wildman–Crippen LogP) is 4.18. The molecule has 0 bridgehead atoms. The Labute approximate surface area is 122 Å². The molecule has 19 heavy (non-hydrogen) atoms. The van der Waals surface area contributed by atoms with Crippen molar-refractivity contribution in [3.63, 3.8) is 0 Å². The van der Waals surface area contributed by atoms with E-state index in [1.54, 1.807) is 0 Å². The van der Waals surface area contributed by atoms with Gasteiger partial charge >= 0.3 is 0 Å². The van der Waals surface area contributed by atoms with Crippen molar-refractivity contribution in [1.29, 1.82) is 0 Å². The van der Waals surface area contributed by atoms with Gasteiger partial charge in [0.1, 0.15) is 0 Å². The largest absolute Gasteiger partial charge is 0.346 e. The van der Waals surface area contributed by atoms with Crippen LogP contribution in [0.3, 0.4) is 0 Å². The fourth-order valence-electron chi connectivity index (χ4n) is 2.68. The van der Waals surface area contributed by atoms with Gasteiger partial charge in [-0.2, -0.15) is 0 Å². The van der Waals surface area contributed by atoms with Crippen LogP contribution in [0.2, 0.25) is 0 Å². The average Bonchev–Trinajstić information content (AvgIpc) is 2.36. The Morgan fingerprint density at radius 3 is 2.53 bits per heavy atom. The van der Waals surface area contributed by atoms with Crippen molar-refractivity contribution < 1.29 is 0 Å². The van der Waals surface area contributed by atoms with E-state index >= 15 is 0 Å². The summed E-state index contributed by atoms with van der Waals surface area (Å²) in [4.78, 5) is 2.33. The average molecular weight is 276 g/mol.